The van der Waals surface area contributed by atoms with Gasteiger partial charge in [-0.1, -0.05) is 43.1 Å². The maximum Gasteiger partial charge on any atom is 0.242 e. The van der Waals surface area contributed by atoms with Gasteiger partial charge in [-0.25, -0.2) is 0 Å². The van der Waals surface area contributed by atoms with Gasteiger partial charge in [0.05, 0.1) is 13.2 Å². The van der Waals surface area contributed by atoms with Crippen molar-refractivity contribution in [3.05, 3.63) is 34.9 Å². The van der Waals surface area contributed by atoms with Gasteiger partial charge in [-0.3, -0.25) is 4.79 Å². The Balaban J connectivity index is 0.00000242. The number of carbonyl (C=O) groups excluding carboxylic acids is 1. The first-order chi connectivity index (χ1) is 10.2. The first-order valence-electron chi connectivity index (χ1n) is 7.55. The summed E-state index contributed by atoms with van der Waals surface area (Å²) >= 11 is 6.21. The molecule has 2 rings (SSSR count). The zero-order chi connectivity index (χ0) is 15.1. The summed E-state index contributed by atoms with van der Waals surface area (Å²) in [5.74, 6) is 0.100. The van der Waals surface area contributed by atoms with E-state index in [2.05, 4.69) is 12.2 Å². The monoisotopic (exact) mass is 346 g/mol. The summed E-state index contributed by atoms with van der Waals surface area (Å²) in [7, 11) is 0. The summed E-state index contributed by atoms with van der Waals surface area (Å²) in [5.41, 5.74) is 0.986. The van der Waals surface area contributed by atoms with Gasteiger partial charge in [0.2, 0.25) is 5.91 Å². The summed E-state index contributed by atoms with van der Waals surface area (Å²) in [6, 6.07) is 7.45. The molecule has 1 atom stereocenters. The highest BCUT2D eigenvalue weighted by molar-refractivity contribution is 6.31. The molecule has 6 heteroatoms. The molecule has 0 spiro atoms. The van der Waals surface area contributed by atoms with E-state index in [0.717, 1.165) is 31.5 Å². The second-order valence-electron chi connectivity index (χ2n) is 5.29. The van der Waals surface area contributed by atoms with Crippen LogP contribution in [0.25, 0.3) is 0 Å². The highest BCUT2D eigenvalue weighted by Gasteiger charge is 2.26. The smallest absolute Gasteiger partial charge is 0.242 e. The lowest BCUT2D eigenvalue weighted by Gasteiger charge is -2.30. The zero-order valence-corrected chi connectivity index (χ0v) is 14.5. The molecule has 1 aliphatic heterocycles. The summed E-state index contributed by atoms with van der Waals surface area (Å²) in [6.45, 7) is 5.27. The first kappa shape index (κ1) is 19.2. The van der Waals surface area contributed by atoms with E-state index < -0.39 is 0 Å². The first-order valence-corrected chi connectivity index (χ1v) is 7.93. The average molecular weight is 347 g/mol. The normalized spacial score (nSPS) is 17.6. The largest absolute Gasteiger partial charge is 0.378 e. The molecular weight excluding hydrogens is 323 g/mol. The van der Waals surface area contributed by atoms with Crippen LogP contribution in [0.15, 0.2) is 24.3 Å². The number of nitrogens with zero attached hydrogens (tertiary/aromatic N) is 1. The Labute approximate surface area is 143 Å². The average Bonchev–Trinajstić information content (AvgIpc) is 2.53. The van der Waals surface area contributed by atoms with Crippen molar-refractivity contribution in [2.24, 2.45) is 0 Å². The Morgan fingerprint density at radius 3 is 2.86 bits per heavy atom. The van der Waals surface area contributed by atoms with E-state index in [0.29, 0.717) is 24.8 Å². The number of benzene rings is 1. The molecule has 0 bridgehead atoms. The summed E-state index contributed by atoms with van der Waals surface area (Å²) in [6.07, 6.45) is 2.05. The highest BCUT2D eigenvalue weighted by atomic mass is 35.5. The number of halogens is 2. The van der Waals surface area contributed by atoms with Gasteiger partial charge >= 0.3 is 0 Å². The maximum atomic E-state index is 12.7. The third kappa shape index (κ3) is 5.43. The number of carbonyl (C=O) groups is 1. The van der Waals surface area contributed by atoms with Gasteiger partial charge in [0, 0.05) is 24.7 Å². The molecule has 0 radical (unpaired) electrons. The molecule has 1 amide bonds. The van der Waals surface area contributed by atoms with Crippen LogP contribution >= 0.6 is 24.0 Å². The van der Waals surface area contributed by atoms with Gasteiger partial charge in [0.15, 0.2) is 0 Å². The van der Waals surface area contributed by atoms with Crippen molar-refractivity contribution in [1.82, 2.24) is 10.2 Å². The minimum Gasteiger partial charge on any atom is -0.378 e. The molecule has 1 aromatic rings. The lowest BCUT2D eigenvalue weighted by Crippen LogP contribution is -2.52. The Bertz CT molecular complexity index is 465. The molecule has 1 unspecified atom stereocenters. The van der Waals surface area contributed by atoms with Crippen molar-refractivity contribution < 1.29 is 9.53 Å². The molecule has 0 aliphatic carbocycles. The van der Waals surface area contributed by atoms with Crippen LogP contribution in [0.4, 0.5) is 0 Å². The highest BCUT2D eigenvalue weighted by Crippen LogP contribution is 2.18. The number of unbranched alkanes of at least 4 members (excludes halogenated alkanes) is 1. The number of amides is 1. The quantitative estimate of drug-likeness (QED) is 0.860. The molecule has 1 saturated heterocycles. The van der Waals surface area contributed by atoms with Crippen LogP contribution < -0.4 is 5.32 Å². The molecular formula is C16H24Cl2N2O2. The lowest BCUT2D eigenvalue weighted by atomic mass is 10.1. The van der Waals surface area contributed by atoms with Crippen LogP contribution in [0.2, 0.25) is 5.02 Å². The number of nitrogens with one attached hydrogen (secondary N) is 1. The fourth-order valence-electron chi connectivity index (χ4n) is 2.39. The van der Waals surface area contributed by atoms with Gasteiger partial charge in [0.1, 0.15) is 6.04 Å². The molecule has 1 fully saturated rings. The number of hydrogen-bond acceptors (Lipinski definition) is 3. The Morgan fingerprint density at radius 2 is 2.23 bits per heavy atom. The van der Waals surface area contributed by atoms with E-state index in [-0.39, 0.29) is 24.4 Å². The maximum absolute atomic E-state index is 12.7. The van der Waals surface area contributed by atoms with Gasteiger partial charge in [0.25, 0.3) is 0 Å². The fourth-order valence-corrected chi connectivity index (χ4v) is 2.59. The predicted molar refractivity (Wildman–Crippen MR) is 91.6 cm³/mol. The van der Waals surface area contributed by atoms with Gasteiger partial charge < -0.3 is 15.0 Å². The molecule has 4 nitrogen and oxygen atoms in total. The number of morpholine rings is 1. The van der Waals surface area contributed by atoms with Crippen LogP contribution in [0.3, 0.4) is 0 Å². The fraction of sp³-hybridized carbons (Fsp3) is 0.562. The van der Waals surface area contributed by atoms with Crippen LogP contribution in [0.5, 0.6) is 0 Å². The van der Waals surface area contributed by atoms with Crippen LogP contribution in [-0.4, -0.2) is 43.2 Å². The van der Waals surface area contributed by atoms with Crippen molar-refractivity contribution in [3.8, 4) is 0 Å². The van der Waals surface area contributed by atoms with E-state index in [1.165, 1.54) is 0 Å². The summed E-state index contributed by atoms with van der Waals surface area (Å²) in [4.78, 5) is 14.5. The van der Waals surface area contributed by atoms with Gasteiger partial charge in [-0.15, -0.1) is 12.4 Å². The van der Waals surface area contributed by atoms with Gasteiger partial charge in [-0.05, 0) is 18.1 Å². The molecule has 0 saturated carbocycles. The van der Waals surface area contributed by atoms with Crippen molar-refractivity contribution in [2.45, 2.75) is 32.4 Å². The number of ether oxygens (including phenoxy) is 1. The number of rotatable bonds is 6. The minimum absolute atomic E-state index is 0. The Morgan fingerprint density at radius 1 is 1.45 bits per heavy atom. The third-order valence-electron chi connectivity index (χ3n) is 3.63. The van der Waals surface area contributed by atoms with Crippen molar-refractivity contribution >= 4 is 29.9 Å². The molecule has 1 heterocycles. The van der Waals surface area contributed by atoms with Crippen molar-refractivity contribution in [1.29, 1.82) is 0 Å². The molecule has 22 heavy (non-hydrogen) atoms. The SMILES string of the molecule is CCCCN(Cc1ccccc1Cl)C(=O)C1COCCN1.Cl. The van der Waals surface area contributed by atoms with Crippen molar-refractivity contribution in [3.63, 3.8) is 0 Å². The van der Waals surface area contributed by atoms with Gasteiger partial charge in [-0.2, -0.15) is 0 Å². The molecule has 1 N–H and O–H groups in total. The minimum atomic E-state index is -0.238. The van der Waals surface area contributed by atoms with E-state index in [4.69, 9.17) is 16.3 Å². The summed E-state index contributed by atoms with van der Waals surface area (Å²) in [5, 5.41) is 3.93. The zero-order valence-electron chi connectivity index (χ0n) is 12.9. The standard InChI is InChI=1S/C16H23ClN2O2.ClH/c1-2-3-9-19(11-13-6-4-5-7-14(13)17)16(20)15-12-21-10-8-18-15;/h4-7,15,18H,2-3,8-12H2,1H3;1H. The summed E-state index contributed by atoms with van der Waals surface area (Å²) < 4.78 is 5.40. The third-order valence-corrected chi connectivity index (χ3v) is 4.00. The van der Waals surface area contributed by atoms with Crippen LogP contribution in [0.1, 0.15) is 25.3 Å². The van der Waals surface area contributed by atoms with E-state index in [9.17, 15) is 4.79 Å². The van der Waals surface area contributed by atoms with Crippen LogP contribution in [0, 0.1) is 0 Å². The second kappa shape index (κ2) is 10.1. The lowest BCUT2D eigenvalue weighted by molar-refractivity contribution is -0.137. The molecule has 0 aromatic heterocycles. The van der Waals surface area contributed by atoms with E-state index in [1.54, 1.807) is 0 Å². The Hall–Kier alpha value is -0.810. The van der Waals surface area contributed by atoms with Crippen molar-refractivity contribution in [2.75, 3.05) is 26.3 Å². The molecule has 1 aromatic carbocycles. The van der Waals surface area contributed by atoms with Crippen LogP contribution in [-0.2, 0) is 16.1 Å². The van der Waals surface area contributed by atoms with E-state index >= 15 is 0 Å². The molecule has 1 aliphatic rings. The van der Waals surface area contributed by atoms with E-state index in [1.807, 2.05) is 29.2 Å². The Kier molecular flexibility index (Phi) is 8.79. The topological polar surface area (TPSA) is 41.6 Å². The second-order valence-corrected chi connectivity index (χ2v) is 5.69. The predicted octanol–water partition coefficient (Wildman–Crippen LogP) is 2.88. The molecule has 124 valence electrons. The number of hydrogen-bond donors (Lipinski definition) is 1.